The van der Waals surface area contributed by atoms with Gasteiger partial charge in [-0.15, -0.1) is 0 Å². The Morgan fingerprint density at radius 3 is 2.25 bits per heavy atom. The van der Waals surface area contributed by atoms with Crippen LogP contribution in [0.4, 0.5) is 4.79 Å². The van der Waals surface area contributed by atoms with Crippen molar-refractivity contribution in [1.29, 1.82) is 0 Å². The molecule has 1 aromatic rings. The Morgan fingerprint density at radius 1 is 1.14 bits per heavy atom. The molecule has 2 aliphatic rings. The van der Waals surface area contributed by atoms with Crippen LogP contribution in [0.3, 0.4) is 0 Å². The van der Waals surface area contributed by atoms with E-state index in [0.717, 1.165) is 0 Å². The average molecular weight is 390 g/mol. The number of likely N-dealkylation sites (tertiary alicyclic amines) is 1. The summed E-state index contributed by atoms with van der Waals surface area (Å²) in [5.41, 5.74) is -0.531. The highest BCUT2D eigenvalue weighted by Gasteiger charge is 2.58. The van der Waals surface area contributed by atoms with Crippen molar-refractivity contribution in [3.8, 4) is 0 Å². The predicted octanol–water partition coefficient (Wildman–Crippen LogP) is 2.53. The molecule has 2 aliphatic heterocycles. The van der Waals surface area contributed by atoms with Gasteiger partial charge in [0.1, 0.15) is 11.3 Å². The molecular weight excluding hydrogens is 360 g/mol. The molecule has 154 valence electrons. The SMILES string of the molecule is Cc1ocnc1C(=O)N1CCC2(CC1)C(=O)N(CC(C)C)C(=O)N2CC(C)C. The van der Waals surface area contributed by atoms with Gasteiger partial charge in [0.25, 0.3) is 11.8 Å². The van der Waals surface area contributed by atoms with Gasteiger partial charge < -0.3 is 14.2 Å². The van der Waals surface area contributed by atoms with Crippen molar-refractivity contribution in [2.75, 3.05) is 26.2 Å². The molecule has 0 aromatic carbocycles. The molecule has 2 fully saturated rings. The van der Waals surface area contributed by atoms with E-state index in [-0.39, 0.29) is 29.7 Å². The number of imide groups is 1. The maximum absolute atomic E-state index is 13.3. The maximum atomic E-state index is 13.3. The first-order valence-electron chi connectivity index (χ1n) is 10.00. The van der Waals surface area contributed by atoms with E-state index in [4.69, 9.17) is 4.42 Å². The quantitative estimate of drug-likeness (QED) is 0.721. The van der Waals surface area contributed by atoms with Crippen LogP contribution in [0.5, 0.6) is 0 Å². The van der Waals surface area contributed by atoms with Gasteiger partial charge in [0, 0.05) is 26.2 Å². The highest BCUT2D eigenvalue weighted by molar-refractivity contribution is 6.07. The van der Waals surface area contributed by atoms with Gasteiger partial charge in [-0.1, -0.05) is 27.7 Å². The minimum Gasteiger partial charge on any atom is -0.448 e. The van der Waals surface area contributed by atoms with Gasteiger partial charge >= 0.3 is 6.03 Å². The van der Waals surface area contributed by atoms with Crippen molar-refractivity contribution in [2.24, 2.45) is 11.8 Å². The molecule has 8 heteroatoms. The first kappa shape index (κ1) is 20.4. The summed E-state index contributed by atoms with van der Waals surface area (Å²) in [4.78, 5) is 47.9. The van der Waals surface area contributed by atoms with Gasteiger partial charge in [-0.3, -0.25) is 14.5 Å². The van der Waals surface area contributed by atoms with Gasteiger partial charge in [-0.25, -0.2) is 9.78 Å². The van der Waals surface area contributed by atoms with Crippen molar-refractivity contribution < 1.29 is 18.8 Å². The Labute approximate surface area is 165 Å². The third-order valence-corrected chi connectivity index (χ3v) is 5.54. The monoisotopic (exact) mass is 390 g/mol. The van der Waals surface area contributed by atoms with Crippen molar-refractivity contribution in [2.45, 2.75) is 53.0 Å². The molecule has 28 heavy (non-hydrogen) atoms. The summed E-state index contributed by atoms with van der Waals surface area (Å²) in [7, 11) is 0. The Bertz CT molecular complexity index is 762. The lowest BCUT2D eigenvalue weighted by molar-refractivity contribution is -0.135. The van der Waals surface area contributed by atoms with Crippen LogP contribution in [0.15, 0.2) is 10.8 Å². The molecular formula is C20H30N4O4. The number of amides is 4. The van der Waals surface area contributed by atoms with Crippen LogP contribution in [0.2, 0.25) is 0 Å². The second-order valence-electron chi connectivity index (χ2n) is 8.68. The van der Waals surface area contributed by atoms with Crippen molar-refractivity contribution in [3.05, 3.63) is 17.8 Å². The van der Waals surface area contributed by atoms with Crippen LogP contribution in [0.1, 0.15) is 56.8 Å². The number of aryl methyl sites for hydroxylation is 1. The molecule has 0 atom stereocenters. The molecule has 0 saturated carbocycles. The Morgan fingerprint density at radius 2 is 1.75 bits per heavy atom. The fourth-order valence-corrected chi connectivity index (χ4v) is 4.15. The minimum absolute atomic E-state index is 0.114. The van der Waals surface area contributed by atoms with E-state index in [1.807, 2.05) is 27.7 Å². The minimum atomic E-state index is -0.841. The lowest BCUT2D eigenvalue weighted by Gasteiger charge is -2.42. The van der Waals surface area contributed by atoms with Gasteiger partial charge in [-0.05, 0) is 31.6 Å². The van der Waals surface area contributed by atoms with E-state index < -0.39 is 5.54 Å². The Hall–Kier alpha value is -2.38. The fourth-order valence-electron chi connectivity index (χ4n) is 4.15. The molecule has 0 radical (unpaired) electrons. The number of piperidine rings is 1. The lowest BCUT2D eigenvalue weighted by Crippen LogP contribution is -2.58. The third kappa shape index (κ3) is 3.40. The molecule has 3 heterocycles. The molecule has 0 N–H and O–H groups in total. The molecule has 0 aliphatic carbocycles. The number of aromatic nitrogens is 1. The summed E-state index contributed by atoms with van der Waals surface area (Å²) in [6.07, 6.45) is 2.16. The van der Waals surface area contributed by atoms with E-state index in [9.17, 15) is 14.4 Å². The number of carbonyl (C=O) groups is 3. The van der Waals surface area contributed by atoms with Crippen LogP contribution in [0, 0.1) is 18.8 Å². The number of hydrogen-bond acceptors (Lipinski definition) is 5. The zero-order chi connectivity index (χ0) is 20.6. The number of nitrogens with zero attached hydrogens (tertiary/aromatic N) is 4. The zero-order valence-electron chi connectivity index (χ0n) is 17.4. The average Bonchev–Trinajstić information content (AvgIpc) is 3.14. The topological polar surface area (TPSA) is 87.0 Å². The van der Waals surface area contributed by atoms with E-state index in [1.165, 1.54) is 11.3 Å². The number of carbonyl (C=O) groups excluding carboxylic acids is 3. The van der Waals surface area contributed by atoms with Gasteiger partial charge in [-0.2, -0.15) is 0 Å². The van der Waals surface area contributed by atoms with E-state index in [0.29, 0.717) is 50.5 Å². The summed E-state index contributed by atoms with van der Waals surface area (Å²) in [6, 6.07) is -0.195. The van der Waals surface area contributed by atoms with Gasteiger partial charge in [0.15, 0.2) is 12.1 Å². The number of hydrogen-bond donors (Lipinski definition) is 0. The van der Waals surface area contributed by atoms with E-state index in [1.54, 1.807) is 16.7 Å². The zero-order valence-corrected chi connectivity index (χ0v) is 17.4. The number of urea groups is 1. The van der Waals surface area contributed by atoms with Gasteiger partial charge in [0.05, 0.1) is 0 Å². The summed E-state index contributed by atoms with van der Waals surface area (Å²) >= 11 is 0. The van der Waals surface area contributed by atoms with E-state index in [2.05, 4.69) is 4.98 Å². The van der Waals surface area contributed by atoms with Gasteiger partial charge in [0.2, 0.25) is 0 Å². The first-order valence-corrected chi connectivity index (χ1v) is 10.00. The normalized spacial score (nSPS) is 19.6. The fraction of sp³-hybridized carbons (Fsp3) is 0.700. The highest BCUT2D eigenvalue weighted by atomic mass is 16.3. The highest BCUT2D eigenvalue weighted by Crippen LogP contribution is 2.38. The van der Waals surface area contributed by atoms with Crippen LogP contribution in [0.25, 0.3) is 0 Å². The summed E-state index contributed by atoms with van der Waals surface area (Å²) in [5, 5.41) is 0. The maximum Gasteiger partial charge on any atom is 0.327 e. The molecule has 1 aromatic heterocycles. The molecule has 4 amide bonds. The summed E-state index contributed by atoms with van der Waals surface area (Å²) < 4.78 is 5.14. The van der Waals surface area contributed by atoms with Crippen LogP contribution in [-0.4, -0.2) is 69.2 Å². The Kier molecular flexibility index (Phi) is 5.50. The Balaban J connectivity index is 1.81. The standard InChI is InChI=1S/C20H30N4O4/c1-13(2)10-23-18(26)20(24(19(23)27)11-14(3)4)6-8-22(9-7-20)17(25)16-15(5)28-12-21-16/h12-14H,6-11H2,1-5H3. The smallest absolute Gasteiger partial charge is 0.327 e. The van der Waals surface area contributed by atoms with Crippen molar-refractivity contribution in [1.82, 2.24) is 19.7 Å². The van der Waals surface area contributed by atoms with Crippen LogP contribution < -0.4 is 0 Å². The lowest BCUT2D eigenvalue weighted by atomic mass is 9.85. The largest absolute Gasteiger partial charge is 0.448 e. The van der Waals surface area contributed by atoms with E-state index >= 15 is 0 Å². The summed E-state index contributed by atoms with van der Waals surface area (Å²) in [6.45, 7) is 11.6. The number of rotatable bonds is 5. The molecule has 3 rings (SSSR count). The van der Waals surface area contributed by atoms with Crippen molar-refractivity contribution in [3.63, 3.8) is 0 Å². The third-order valence-electron chi connectivity index (χ3n) is 5.54. The molecule has 0 bridgehead atoms. The summed E-state index contributed by atoms with van der Waals surface area (Å²) in [5.74, 6) is 0.650. The second kappa shape index (κ2) is 7.56. The predicted molar refractivity (Wildman–Crippen MR) is 103 cm³/mol. The molecule has 1 spiro atoms. The second-order valence-corrected chi connectivity index (χ2v) is 8.68. The first-order chi connectivity index (χ1) is 13.2. The molecule has 2 saturated heterocycles. The molecule has 0 unspecified atom stereocenters. The number of oxazole rings is 1. The van der Waals surface area contributed by atoms with Crippen LogP contribution in [-0.2, 0) is 4.79 Å². The molecule has 8 nitrogen and oxygen atoms in total. The van der Waals surface area contributed by atoms with Crippen molar-refractivity contribution >= 4 is 17.8 Å². The van der Waals surface area contributed by atoms with Crippen LogP contribution >= 0.6 is 0 Å².